The van der Waals surface area contributed by atoms with Gasteiger partial charge in [-0.3, -0.25) is 0 Å². The first-order valence-corrected chi connectivity index (χ1v) is 4.76. The third kappa shape index (κ3) is 1.64. The molecular formula is C11H12F2O2. The highest BCUT2D eigenvalue weighted by Gasteiger charge is 2.47. The summed E-state index contributed by atoms with van der Waals surface area (Å²) in [5.74, 6) is -1.40. The van der Waals surface area contributed by atoms with Crippen molar-refractivity contribution in [3.8, 4) is 0 Å². The first-order valence-electron chi connectivity index (χ1n) is 4.76. The average Bonchev–Trinajstić information content (AvgIpc) is 2.13. The number of halogens is 2. The molecule has 0 radical (unpaired) electrons. The van der Waals surface area contributed by atoms with Gasteiger partial charge in [-0.25, -0.2) is 8.78 Å². The Bertz CT molecular complexity index is 353. The van der Waals surface area contributed by atoms with Gasteiger partial charge in [-0.05, 0) is 12.1 Å². The molecule has 0 saturated heterocycles. The molecule has 1 saturated carbocycles. The first-order chi connectivity index (χ1) is 7.07. The molecule has 2 nitrogen and oxygen atoms in total. The summed E-state index contributed by atoms with van der Waals surface area (Å²) >= 11 is 0. The van der Waals surface area contributed by atoms with Gasteiger partial charge < -0.3 is 9.84 Å². The molecule has 1 aromatic rings. The van der Waals surface area contributed by atoms with Crippen LogP contribution in [0.4, 0.5) is 8.78 Å². The van der Waals surface area contributed by atoms with E-state index in [-0.39, 0.29) is 24.5 Å². The molecule has 0 spiro atoms. The van der Waals surface area contributed by atoms with Crippen LogP contribution in [0.5, 0.6) is 0 Å². The molecule has 15 heavy (non-hydrogen) atoms. The average molecular weight is 214 g/mol. The van der Waals surface area contributed by atoms with Crippen LogP contribution in [0.25, 0.3) is 0 Å². The summed E-state index contributed by atoms with van der Waals surface area (Å²) in [7, 11) is 1.52. The van der Waals surface area contributed by atoms with Crippen LogP contribution in [-0.2, 0) is 10.3 Å². The van der Waals surface area contributed by atoms with Crippen molar-refractivity contribution in [2.24, 2.45) is 0 Å². The number of methoxy groups -OCH3 is 1. The molecule has 1 aliphatic carbocycles. The SMILES string of the molecule is COC1CC(O)(c2c(F)cccc2F)C1. The first kappa shape index (κ1) is 10.5. The van der Waals surface area contributed by atoms with Gasteiger partial charge in [-0.2, -0.15) is 0 Å². The van der Waals surface area contributed by atoms with E-state index >= 15 is 0 Å². The quantitative estimate of drug-likeness (QED) is 0.815. The van der Waals surface area contributed by atoms with Gasteiger partial charge in [0.15, 0.2) is 0 Å². The molecule has 0 unspecified atom stereocenters. The Labute approximate surface area is 86.5 Å². The van der Waals surface area contributed by atoms with E-state index in [1.807, 2.05) is 0 Å². The van der Waals surface area contributed by atoms with E-state index in [4.69, 9.17) is 4.74 Å². The Kier molecular flexibility index (Phi) is 2.48. The normalized spacial score (nSPS) is 30.0. The predicted octanol–water partition coefficient (Wildman–Crippen LogP) is 1.96. The topological polar surface area (TPSA) is 29.5 Å². The third-order valence-electron chi connectivity index (χ3n) is 2.89. The molecule has 1 aliphatic rings. The van der Waals surface area contributed by atoms with Crippen molar-refractivity contribution in [2.75, 3.05) is 7.11 Å². The lowest BCUT2D eigenvalue weighted by molar-refractivity contribution is -0.136. The Balaban J connectivity index is 2.31. The van der Waals surface area contributed by atoms with Crippen molar-refractivity contribution in [2.45, 2.75) is 24.5 Å². The van der Waals surface area contributed by atoms with E-state index in [0.29, 0.717) is 0 Å². The molecule has 82 valence electrons. The van der Waals surface area contributed by atoms with E-state index in [0.717, 1.165) is 12.1 Å². The molecule has 2 rings (SSSR count). The molecule has 0 bridgehead atoms. The Morgan fingerprint density at radius 1 is 1.33 bits per heavy atom. The van der Waals surface area contributed by atoms with Gasteiger partial charge in [0.1, 0.15) is 17.2 Å². The van der Waals surface area contributed by atoms with Crippen LogP contribution in [0, 0.1) is 11.6 Å². The number of ether oxygens (including phenoxy) is 1. The zero-order valence-electron chi connectivity index (χ0n) is 8.34. The maximum Gasteiger partial charge on any atom is 0.132 e. The van der Waals surface area contributed by atoms with E-state index < -0.39 is 17.2 Å². The summed E-state index contributed by atoms with van der Waals surface area (Å²) in [5.41, 5.74) is -1.64. The van der Waals surface area contributed by atoms with Crippen molar-refractivity contribution in [3.63, 3.8) is 0 Å². The van der Waals surface area contributed by atoms with Gasteiger partial charge >= 0.3 is 0 Å². The molecule has 4 heteroatoms. The van der Waals surface area contributed by atoms with Crippen molar-refractivity contribution in [1.82, 2.24) is 0 Å². The summed E-state index contributed by atoms with van der Waals surface area (Å²) in [5, 5.41) is 9.98. The van der Waals surface area contributed by atoms with E-state index in [1.54, 1.807) is 0 Å². The molecule has 0 aliphatic heterocycles. The highest BCUT2D eigenvalue weighted by molar-refractivity contribution is 5.29. The van der Waals surface area contributed by atoms with Gasteiger partial charge in [0.25, 0.3) is 0 Å². The number of hydrogen-bond acceptors (Lipinski definition) is 2. The summed E-state index contributed by atoms with van der Waals surface area (Å²) < 4.78 is 31.7. The standard InChI is InChI=1S/C11H12F2O2/c1-15-7-5-11(14,6-7)10-8(12)3-2-4-9(10)13/h2-4,7,14H,5-6H2,1H3. The third-order valence-corrected chi connectivity index (χ3v) is 2.89. The largest absolute Gasteiger partial charge is 0.385 e. The fraction of sp³-hybridized carbons (Fsp3) is 0.455. The summed E-state index contributed by atoms with van der Waals surface area (Å²) in [6.07, 6.45) is 0.358. The van der Waals surface area contributed by atoms with Crippen molar-refractivity contribution >= 4 is 0 Å². The minimum atomic E-state index is -1.41. The second-order valence-electron chi connectivity index (χ2n) is 3.89. The van der Waals surface area contributed by atoms with E-state index in [9.17, 15) is 13.9 Å². The Hall–Kier alpha value is -1.00. The lowest BCUT2D eigenvalue weighted by atomic mass is 9.72. The molecule has 0 aromatic heterocycles. The lowest BCUT2D eigenvalue weighted by Gasteiger charge is -2.43. The van der Waals surface area contributed by atoms with Gasteiger partial charge in [0.05, 0.1) is 11.7 Å². The molecule has 1 aromatic carbocycles. The smallest absolute Gasteiger partial charge is 0.132 e. The minimum Gasteiger partial charge on any atom is -0.385 e. The maximum absolute atomic E-state index is 13.4. The zero-order chi connectivity index (χ0) is 11.1. The van der Waals surface area contributed by atoms with Crippen molar-refractivity contribution in [3.05, 3.63) is 35.4 Å². The molecule has 0 heterocycles. The van der Waals surface area contributed by atoms with E-state index in [2.05, 4.69) is 0 Å². The summed E-state index contributed by atoms with van der Waals surface area (Å²) in [6, 6.07) is 3.58. The van der Waals surface area contributed by atoms with Crippen LogP contribution in [-0.4, -0.2) is 18.3 Å². The highest BCUT2D eigenvalue weighted by atomic mass is 19.1. The van der Waals surface area contributed by atoms with E-state index in [1.165, 1.54) is 13.2 Å². The van der Waals surface area contributed by atoms with Gasteiger partial charge in [0, 0.05) is 20.0 Å². The van der Waals surface area contributed by atoms with Crippen LogP contribution < -0.4 is 0 Å². The number of aliphatic hydroxyl groups is 1. The van der Waals surface area contributed by atoms with Crippen LogP contribution in [0.2, 0.25) is 0 Å². The molecule has 1 N–H and O–H groups in total. The number of rotatable bonds is 2. The van der Waals surface area contributed by atoms with Gasteiger partial charge in [0.2, 0.25) is 0 Å². The van der Waals surface area contributed by atoms with Crippen LogP contribution in [0.1, 0.15) is 18.4 Å². The van der Waals surface area contributed by atoms with Crippen molar-refractivity contribution in [1.29, 1.82) is 0 Å². The molecular weight excluding hydrogens is 202 g/mol. The van der Waals surface area contributed by atoms with Gasteiger partial charge in [-0.1, -0.05) is 6.07 Å². The number of benzene rings is 1. The maximum atomic E-state index is 13.4. The summed E-state index contributed by atoms with van der Waals surface area (Å²) in [4.78, 5) is 0. The summed E-state index contributed by atoms with van der Waals surface area (Å²) in [6.45, 7) is 0. The Morgan fingerprint density at radius 2 is 1.87 bits per heavy atom. The fourth-order valence-electron chi connectivity index (χ4n) is 2.01. The number of hydrogen-bond donors (Lipinski definition) is 1. The predicted molar refractivity (Wildman–Crippen MR) is 50.3 cm³/mol. The molecule has 1 fully saturated rings. The monoisotopic (exact) mass is 214 g/mol. The second-order valence-corrected chi connectivity index (χ2v) is 3.89. The van der Waals surface area contributed by atoms with Crippen LogP contribution in [0.3, 0.4) is 0 Å². The minimum absolute atomic E-state index is 0.117. The highest BCUT2D eigenvalue weighted by Crippen LogP contribution is 2.44. The van der Waals surface area contributed by atoms with Crippen molar-refractivity contribution < 1.29 is 18.6 Å². The zero-order valence-corrected chi connectivity index (χ0v) is 8.34. The molecule has 0 atom stereocenters. The van der Waals surface area contributed by atoms with Crippen LogP contribution >= 0.6 is 0 Å². The molecule has 0 amide bonds. The second kappa shape index (κ2) is 3.54. The van der Waals surface area contributed by atoms with Crippen LogP contribution in [0.15, 0.2) is 18.2 Å². The van der Waals surface area contributed by atoms with Gasteiger partial charge in [-0.15, -0.1) is 0 Å². The lowest BCUT2D eigenvalue weighted by Crippen LogP contribution is -2.46. The Morgan fingerprint density at radius 3 is 2.33 bits per heavy atom. The fourth-order valence-corrected chi connectivity index (χ4v) is 2.01.